The van der Waals surface area contributed by atoms with E-state index in [1.54, 1.807) is 13.3 Å². The van der Waals surface area contributed by atoms with E-state index in [4.69, 9.17) is 16.3 Å². The van der Waals surface area contributed by atoms with Gasteiger partial charge in [-0.15, -0.1) is 0 Å². The number of aromatic nitrogens is 2. The molecule has 8 heteroatoms. The third kappa shape index (κ3) is 6.48. The molecular formula is C20H33ClN4O3. The monoisotopic (exact) mass is 412 g/mol. The van der Waals surface area contributed by atoms with Crippen molar-refractivity contribution in [3.63, 3.8) is 0 Å². The average Bonchev–Trinajstić information content (AvgIpc) is 2.63. The van der Waals surface area contributed by atoms with Crippen molar-refractivity contribution in [3.8, 4) is 0 Å². The maximum Gasteiger partial charge on any atom is 0.287 e. The Hall–Kier alpha value is -1.60. The number of nitrogens with one attached hydrogen (secondary N) is 2. The molecule has 1 heterocycles. The fraction of sp³-hybridized carbons (Fsp3) is 0.750. The van der Waals surface area contributed by atoms with Crippen LogP contribution in [0.1, 0.15) is 52.9 Å². The van der Waals surface area contributed by atoms with Gasteiger partial charge in [-0.3, -0.25) is 9.59 Å². The van der Waals surface area contributed by atoms with E-state index < -0.39 is 0 Å². The van der Waals surface area contributed by atoms with Crippen LogP contribution in [0, 0.1) is 11.3 Å². The maximum absolute atomic E-state index is 12.5. The van der Waals surface area contributed by atoms with E-state index in [0.29, 0.717) is 30.2 Å². The van der Waals surface area contributed by atoms with Gasteiger partial charge in [-0.25, -0.2) is 4.68 Å². The SMILES string of the molecule is COCCCNC(=O)CCn1ncc(N[C@@H]2CCC(C)(C)C[C@H]2C)c(Cl)c1=O. The predicted octanol–water partition coefficient (Wildman–Crippen LogP) is 3.07. The highest BCUT2D eigenvalue weighted by molar-refractivity contribution is 6.32. The number of ether oxygens (including phenoxy) is 1. The van der Waals surface area contributed by atoms with Crippen molar-refractivity contribution >= 4 is 23.2 Å². The number of amides is 1. The Balaban J connectivity index is 1.92. The second-order valence-corrected chi connectivity index (χ2v) is 8.86. The summed E-state index contributed by atoms with van der Waals surface area (Å²) in [6.45, 7) is 8.17. The summed E-state index contributed by atoms with van der Waals surface area (Å²) >= 11 is 6.30. The van der Waals surface area contributed by atoms with Gasteiger partial charge in [0.05, 0.1) is 18.4 Å². The van der Waals surface area contributed by atoms with Crippen molar-refractivity contribution in [1.82, 2.24) is 15.1 Å². The number of nitrogens with zero attached hydrogens (tertiary/aromatic N) is 2. The summed E-state index contributed by atoms with van der Waals surface area (Å²) < 4.78 is 6.18. The van der Waals surface area contributed by atoms with E-state index in [2.05, 4.69) is 36.5 Å². The quantitative estimate of drug-likeness (QED) is 0.609. The van der Waals surface area contributed by atoms with Crippen LogP contribution in [0.3, 0.4) is 0 Å². The molecule has 0 unspecified atom stereocenters. The van der Waals surface area contributed by atoms with E-state index >= 15 is 0 Å². The van der Waals surface area contributed by atoms with E-state index in [1.807, 2.05) is 0 Å². The van der Waals surface area contributed by atoms with Crippen LogP contribution in [0.2, 0.25) is 5.02 Å². The van der Waals surface area contributed by atoms with Crippen molar-refractivity contribution < 1.29 is 9.53 Å². The van der Waals surface area contributed by atoms with E-state index in [-0.39, 0.29) is 35.5 Å². The molecule has 1 aromatic rings. The third-order valence-corrected chi connectivity index (χ3v) is 5.78. The Kier molecular flexibility index (Phi) is 8.31. The Morgan fingerprint density at radius 2 is 2.21 bits per heavy atom. The maximum atomic E-state index is 12.5. The predicted molar refractivity (Wildman–Crippen MR) is 112 cm³/mol. The summed E-state index contributed by atoms with van der Waals surface area (Å²) in [6.07, 6.45) is 5.83. The van der Waals surface area contributed by atoms with Gasteiger partial charge in [-0.05, 0) is 37.0 Å². The molecule has 7 nitrogen and oxygen atoms in total. The van der Waals surface area contributed by atoms with Crippen LogP contribution in [0.25, 0.3) is 0 Å². The van der Waals surface area contributed by atoms with Crippen LogP contribution in [0.5, 0.6) is 0 Å². The minimum atomic E-state index is -0.373. The molecule has 0 saturated heterocycles. The van der Waals surface area contributed by atoms with Gasteiger partial charge in [0, 0.05) is 32.7 Å². The number of halogens is 1. The third-order valence-electron chi connectivity index (χ3n) is 5.42. The highest BCUT2D eigenvalue weighted by atomic mass is 35.5. The molecule has 1 aromatic heterocycles. The molecular weight excluding hydrogens is 380 g/mol. The van der Waals surface area contributed by atoms with Gasteiger partial charge < -0.3 is 15.4 Å². The molecule has 1 amide bonds. The fourth-order valence-electron chi connectivity index (χ4n) is 3.83. The molecule has 158 valence electrons. The second-order valence-electron chi connectivity index (χ2n) is 8.48. The molecule has 28 heavy (non-hydrogen) atoms. The Morgan fingerprint density at radius 3 is 2.89 bits per heavy atom. The number of rotatable bonds is 9. The summed E-state index contributed by atoms with van der Waals surface area (Å²) in [5.41, 5.74) is 0.554. The van der Waals surface area contributed by atoms with Crippen molar-refractivity contribution in [2.24, 2.45) is 11.3 Å². The van der Waals surface area contributed by atoms with Gasteiger partial charge in [0.1, 0.15) is 5.02 Å². The van der Waals surface area contributed by atoms with Crippen LogP contribution in [-0.4, -0.2) is 42.0 Å². The molecule has 2 N–H and O–H groups in total. The first-order valence-corrected chi connectivity index (χ1v) is 10.4. The Bertz CT molecular complexity index is 720. The zero-order valence-electron chi connectivity index (χ0n) is 17.4. The molecule has 1 aliphatic rings. The van der Waals surface area contributed by atoms with Gasteiger partial charge in [-0.1, -0.05) is 32.4 Å². The number of aryl methyl sites for hydroxylation is 1. The fourth-order valence-corrected chi connectivity index (χ4v) is 4.03. The lowest BCUT2D eigenvalue weighted by atomic mass is 9.70. The van der Waals surface area contributed by atoms with Gasteiger partial charge in [0.15, 0.2) is 0 Å². The van der Waals surface area contributed by atoms with Crippen molar-refractivity contribution in [2.75, 3.05) is 25.6 Å². The molecule has 0 radical (unpaired) electrons. The first-order chi connectivity index (χ1) is 13.2. The molecule has 1 fully saturated rings. The van der Waals surface area contributed by atoms with Crippen LogP contribution in [0.4, 0.5) is 5.69 Å². The number of hydrogen-bond donors (Lipinski definition) is 2. The highest BCUT2D eigenvalue weighted by Crippen LogP contribution is 2.39. The Labute approximate surface area is 172 Å². The summed E-state index contributed by atoms with van der Waals surface area (Å²) in [4.78, 5) is 24.4. The van der Waals surface area contributed by atoms with E-state index in [0.717, 1.165) is 25.7 Å². The van der Waals surface area contributed by atoms with Crippen molar-refractivity contribution in [1.29, 1.82) is 0 Å². The van der Waals surface area contributed by atoms with Crippen molar-refractivity contribution in [3.05, 3.63) is 21.6 Å². The zero-order chi connectivity index (χ0) is 20.7. The minimum absolute atomic E-state index is 0.123. The molecule has 1 aliphatic carbocycles. The van der Waals surface area contributed by atoms with Gasteiger partial charge in [0.25, 0.3) is 5.56 Å². The largest absolute Gasteiger partial charge is 0.385 e. The summed E-state index contributed by atoms with van der Waals surface area (Å²) in [5, 5.41) is 10.5. The normalized spacial score (nSPS) is 21.3. The van der Waals surface area contributed by atoms with Crippen LogP contribution < -0.4 is 16.2 Å². The highest BCUT2D eigenvalue weighted by Gasteiger charge is 2.32. The van der Waals surface area contributed by atoms with Gasteiger partial charge in [0.2, 0.25) is 5.91 Å². The molecule has 0 spiro atoms. The van der Waals surface area contributed by atoms with E-state index in [1.165, 1.54) is 4.68 Å². The second kappa shape index (κ2) is 10.3. The first kappa shape index (κ1) is 22.7. The first-order valence-electron chi connectivity index (χ1n) is 10.0. The van der Waals surface area contributed by atoms with Crippen LogP contribution in [-0.2, 0) is 16.1 Å². The number of anilines is 1. The summed E-state index contributed by atoms with van der Waals surface area (Å²) in [6, 6.07) is 0.278. The number of methoxy groups -OCH3 is 1. The minimum Gasteiger partial charge on any atom is -0.385 e. The van der Waals surface area contributed by atoms with Gasteiger partial charge >= 0.3 is 0 Å². The molecule has 2 rings (SSSR count). The van der Waals surface area contributed by atoms with Crippen LogP contribution >= 0.6 is 11.6 Å². The lowest BCUT2D eigenvalue weighted by molar-refractivity contribution is -0.121. The average molecular weight is 413 g/mol. The molecule has 0 aromatic carbocycles. The number of carbonyl (C=O) groups is 1. The smallest absolute Gasteiger partial charge is 0.287 e. The molecule has 0 bridgehead atoms. The standard InChI is InChI=1S/C20H33ClN4O3/c1-14-12-20(2,3)8-6-15(14)24-16-13-23-25(19(27)18(16)21)10-7-17(26)22-9-5-11-28-4/h13-15,24H,5-12H2,1-4H3,(H,22,26)/t14-,15-/m1/s1. The lowest BCUT2D eigenvalue weighted by Crippen LogP contribution is -2.37. The van der Waals surface area contributed by atoms with Gasteiger partial charge in [-0.2, -0.15) is 5.10 Å². The summed E-state index contributed by atoms with van der Waals surface area (Å²) in [5.74, 6) is 0.367. The Morgan fingerprint density at radius 1 is 1.46 bits per heavy atom. The number of carbonyl (C=O) groups excluding carboxylic acids is 1. The molecule has 0 aliphatic heterocycles. The molecule has 1 saturated carbocycles. The number of hydrogen-bond acceptors (Lipinski definition) is 5. The lowest BCUT2D eigenvalue weighted by Gasteiger charge is -2.40. The topological polar surface area (TPSA) is 85.2 Å². The zero-order valence-corrected chi connectivity index (χ0v) is 18.1. The van der Waals surface area contributed by atoms with Crippen molar-refractivity contribution in [2.45, 2.75) is 65.5 Å². The molecule has 2 atom stereocenters. The van der Waals surface area contributed by atoms with Crippen LogP contribution in [0.15, 0.2) is 11.0 Å². The van der Waals surface area contributed by atoms with E-state index in [9.17, 15) is 9.59 Å². The summed E-state index contributed by atoms with van der Waals surface area (Å²) in [7, 11) is 1.62.